The van der Waals surface area contributed by atoms with Crippen molar-refractivity contribution in [3.63, 3.8) is 0 Å². The van der Waals surface area contributed by atoms with Gasteiger partial charge >= 0.3 is 0 Å². The Hall–Kier alpha value is -1.93. The van der Waals surface area contributed by atoms with Crippen LogP contribution in [0.4, 0.5) is 4.39 Å². The van der Waals surface area contributed by atoms with Crippen LogP contribution in [0, 0.1) is 5.82 Å². The second-order valence-corrected chi connectivity index (χ2v) is 6.90. The van der Waals surface area contributed by atoms with Crippen molar-refractivity contribution in [2.45, 2.75) is 4.34 Å². The molecule has 1 aromatic carbocycles. The molecule has 0 aliphatic heterocycles. The van der Waals surface area contributed by atoms with Crippen molar-refractivity contribution >= 4 is 32.5 Å². The summed E-state index contributed by atoms with van der Waals surface area (Å²) < 4.78 is 27.0. The van der Waals surface area contributed by atoms with Crippen LogP contribution in [0.2, 0.25) is 0 Å². The van der Waals surface area contributed by atoms with E-state index in [4.69, 9.17) is 0 Å². The Bertz CT molecular complexity index is 933. The van der Waals surface area contributed by atoms with E-state index in [0.717, 1.165) is 11.3 Å². The molecule has 0 saturated carbocycles. The average molecular weight is 323 g/mol. The summed E-state index contributed by atoms with van der Waals surface area (Å²) in [5.74, 6) is -0.231. The Balaban J connectivity index is 2.35. The Morgan fingerprint density at radius 1 is 1.29 bits per heavy atom. The van der Waals surface area contributed by atoms with Crippen molar-refractivity contribution in [1.82, 2.24) is 14.5 Å². The second kappa shape index (κ2) is 5.12. The lowest BCUT2D eigenvalue weighted by Gasteiger charge is -2.07. The van der Waals surface area contributed by atoms with E-state index >= 15 is 0 Å². The van der Waals surface area contributed by atoms with Gasteiger partial charge < -0.3 is 0 Å². The molecule has 0 aliphatic carbocycles. The fourth-order valence-electron chi connectivity index (χ4n) is 1.94. The molecule has 0 saturated heterocycles. The molecule has 108 valence electrons. The first-order valence-electron chi connectivity index (χ1n) is 5.95. The van der Waals surface area contributed by atoms with E-state index in [0.29, 0.717) is 9.17 Å². The molecule has 0 bridgehead atoms. The molecule has 0 aliphatic rings. The lowest BCUT2D eigenvalue weighted by molar-refractivity contribution is 0.628. The number of rotatable bonds is 2. The quantitative estimate of drug-likeness (QED) is 0.723. The van der Waals surface area contributed by atoms with Gasteiger partial charge in [0.25, 0.3) is 5.56 Å². The molecular weight excluding hydrogens is 313 g/mol. The number of hydrogen-bond acceptors (Lipinski definition) is 5. The third kappa shape index (κ3) is 2.30. The largest absolute Gasteiger partial charge is 0.294 e. The zero-order chi connectivity index (χ0) is 15.1. The normalized spacial score (nSPS) is 12.7. The molecule has 21 heavy (non-hydrogen) atoms. The van der Waals surface area contributed by atoms with Crippen molar-refractivity contribution in [1.29, 1.82) is 0 Å². The summed E-state index contributed by atoms with van der Waals surface area (Å²) in [6.45, 7) is 0. The minimum Gasteiger partial charge on any atom is -0.294 e. The van der Waals surface area contributed by atoms with Crippen LogP contribution >= 0.6 is 11.3 Å². The van der Waals surface area contributed by atoms with E-state index in [9.17, 15) is 13.4 Å². The van der Waals surface area contributed by atoms with Crippen LogP contribution in [0.25, 0.3) is 21.7 Å². The van der Waals surface area contributed by atoms with Gasteiger partial charge in [-0.05, 0) is 12.1 Å². The van der Waals surface area contributed by atoms with Gasteiger partial charge in [0.1, 0.15) is 11.6 Å². The maximum Gasteiger partial charge on any atom is 0.281 e. The molecule has 2 heterocycles. The van der Waals surface area contributed by atoms with Crippen LogP contribution in [0.15, 0.2) is 33.4 Å². The predicted molar refractivity (Wildman–Crippen MR) is 80.4 cm³/mol. The minimum atomic E-state index is -1.29. The average Bonchev–Trinajstić information content (AvgIpc) is 2.88. The zero-order valence-corrected chi connectivity index (χ0v) is 12.8. The standard InChI is InChI=1S/C13H10FN3O2S2/c1-17-10(7-5-3-4-6-8(7)14)16-11-9(12(17)18)15-13(20-11)21(2)19/h3-6H,1-2H3. The molecule has 0 spiro atoms. The van der Waals surface area contributed by atoms with E-state index in [1.165, 1.54) is 23.9 Å². The van der Waals surface area contributed by atoms with Gasteiger partial charge in [0.15, 0.2) is 14.7 Å². The number of benzene rings is 1. The highest BCUT2D eigenvalue weighted by molar-refractivity contribution is 7.86. The molecule has 3 aromatic rings. The summed E-state index contributed by atoms with van der Waals surface area (Å²) >= 11 is 1.08. The highest BCUT2D eigenvalue weighted by Crippen LogP contribution is 2.24. The SMILES string of the molecule is Cn1c(-c2ccccc2F)nc2sc(S(C)=O)nc2c1=O. The van der Waals surface area contributed by atoms with Crippen molar-refractivity contribution in [2.24, 2.45) is 7.05 Å². The van der Waals surface area contributed by atoms with Gasteiger partial charge in [-0.15, -0.1) is 0 Å². The summed E-state index contributed by atoms with van der Waals surface area (Å²) in [5, 5.41) is 0. The first-order chi connectivity index (χ1) is 9.99. The van der Waals surface area contributed by atoms with E-state index in [1.807, 2.05) is 0 Å². The van der Waals surface area contributed by atoms with Gasteiger partial charge in [0.05, 0.1) is 16.4 Å². The summed E-state index contributed by atoms with van der Waals surface area (Å²) in [6, 6.07) is 6.11. The molecule has 5 nitrogen and oxygen atoms in total. The molecule has 8 heteroatoms. The summed E-state index contributed by atoms with van der Waals surface area (Å²) in [5.41, 5.74) is 0.0190. The third-order valence-electron chi connectivity index (χ3n) is 2.98. The Kier molecular flexibility index (Phi) is 3.42. The van der Waals surface area contributed by atoms with Crippen molar-refractivity contribution in [3.05, 3.63) is 40.4 Å². The van der Waals surface area contributed by atoms with Crippen molar-refractivity contribution in [2.75, 3.05) is 6.26 Å². The molecule has 1 atom stereocenters. The lowest BCUT2D eigenvalue weighted by Crippen LogP contribution is -2.20. The van der Waals surface area contributed by atoms with Crippen LogP contribution in [0.1, 0.15) is 0 Å². The molecule has 0 amide bonds. The van der Waals surface area contributed by atoms with Crippen LogP contribution in [0.3, 0.4) is 0 Å². The number of fused-ring (bicyclic) bond motifs is 1. The topological polar surface area (TPSA) is 64.8 Å². The maximum atomic E-state index is 13.9. The lowest BCUT2D eigenvalue weighted by atomic mass is 10.2. The van der Waals surface area contributed by atoms with Gasteiger partial charge in [-0.3, -0.25) is 13.6 Å². The van der Waals surface area contributed by atoms with E-state index in [1.54, 1.807) is 18.2 Å². The predicted octanol–water partition coefficient (Wildman–Crippen LogP) is 1.93. The molecule has 0 N–H and O–H groups in total. The van der Waals surface area contributed by atoms with E-state index in [2.05, 4.69) is 9.97 Å². The Morgan fingerprint density at radius 3 is 2.67 bits per heavy atom. The highest BCUT2D eigenvalue weighted by atomic mass is 32.2. The Morgan fingerprint density at radius 2 is 2.00 bits per heavy atom. The first kappa shape index (κ1) is 14.0. The fourth-order valence-corrected chi connectivity index (χ4v) is 3.53. The molecule has 0 radical (unpaired) electrons. The van der Waals surface area contributed by atoms with Crippen molar-refractivity contribution < 1.29 is 8.60 Å². The third-order valence-corrected chi connectivity index (χ3v) is 5.26. The van der Waals surface area contributed by atoms with Crippen molar-refractivity contribution in [3.8, 4) is 11.4 Å². The van der Waals surface area contributed by atoms with Gasteiger partial charge in [-0.25, -0.2) is 14.4 Å². The summed E-state index contributed by atoms with van der Waals surface area (Å²) in [7, 11) is 0.226. The number of hydrogen-bond donors (Lipinski definition) is 0. The van der Waals surface area contributed by atoms with Gasteiger partial charge in [-0.2, -0.15) is 0 Å². The number of thiazole rings is 1. The Labute approximate surface area is 125 Å². The monoisotopic (exact) mass is 323 g/mol. The highest BCUT2D eigenvalue weighted by Gasteiger charge is 2.17. The minimum absolute atomic E-state index is 0.160. The van der Waals surface area contributed by atoms with Crippen LogP contribution in [0.5, 0.6) is 0 Å². The summed E-state index contributed by atoms with van der Waals surface area (Å²) in [6.07, 6.45) is 1.49. The van der Waals surface area contributed by atoms with Crippen LogP contribution in [-0.2, 0) is 17.8 Å². The first-order valence-corrected chi connectivity index (χ1v) is 8.32. The number of halogens is 1. The van der Waals surface area contributed by atoms with E-state index < -0.39 is 16.6 Å². The molecule has 1 unspecified atom stereocenters. The smallest absolute Gasteiger partial charge is 0.281 e. The van der Waals surface area contributed by atoms with E-state index in [-0.39, 0.29) is 22.5 Å². The van der Waals surface area contributed by atoms with Crippen LogP contribution in [-0.4, -0.2) is 25.0 Å². The zero-order valence-electron chi connectivity index (χ0n) is 11.2. The second-order valence-electron chi connectivity index (χ2n) is 4.37. The molecule has 0 fully saturated rings. The van der Waals surface area contributed by atoms with Gasteiger partial charge in [0, 0.05) is 13.3 Å². The maximum absolute atomic E-state index is 13.9. The molecular formula is C13H10FN3O2S2. The fraction of sp³-hybridized carbons (Fsp3) is 0.154. The summed E-state index contributed by atoms with van der Waals surface area (Å²) in [4.78, 5) is 21.1. The number of aromatic nitrogens is 3. The molecule has 2 aromatic heterocycles. The van der Waals surface area contributed by atoms with Gasteiger partial charge in [-0.1, -0.05) is 23.5 Å². The number of nitrogens with zero attached hydrogens (tertiary/aromatic N) is 3. The molecule has 3 rings (SSSR count). The van der Waals surface area contributed by atoms with Crippen LogP contribution < -0.4 is 5.56 Å². The van der Waals surface area contributed by atoms with Gasteiger partial charge in [0.2, 0.25) is 0 Å².